The largest absolute Gasteiger partial charge is 0.493 e. The SMILES string of the molecule is CCCOc1c(CNCCc2ccccc2)cc(Br)cc1OC. The Bertz CT molecular complexity index is 602. The van der Waals surface area contributed by atoms with Gasteiger partial charge in [-0.2, -0.15) is 0 Å². The van der Waals surface area contributed by atoms with Crippen LogP contribution >= 0.6 is 15.9 Å². The molecule has 0 saturated heterocycles. The van der Waals surface area contributed by atoms with Gasteiger partial charge in [-0.15, -0.1) is 0 Å². The van der Waals surface area contributed by atoms with Crippen LogP contribution in [0.1, 0.15) is 24.5 Å². The molecule has 23 heavy (non-hydrogen) atoms. The minimum absolute atomic E-state index is 0.689. The van der Waals surface area contributed by atoms with Crippen molar-refractivity contribution in [1.29, 1.82) is 0 Å². The van der Waals surface area contributed by atoms with Gasteiger partial charge in [-0.05, 0) is 37.1 Å². The van der Waals surface area contributed by atoms with E-state index in [1.807, 2.05) is 12.1 Å². The van der Waals surface area contributed by atoms with E-state index in [1.54, 1.807) is 7.11 Å². The molecule has 2 aromatic rings. The third-order valence-electron chi connectivity index (χ3n) is 3.52. The molecule has 0 aliphatic heterocycles. The van der Waals surface area contributed by atoms with Crippen molar-refractivity contribution in [3.63, 3.8) is 0 Å². The van der Waals surface area contributed by atoms with Gasteiger partial charge in [0, 0.05) is 16.6 Å². The Kier molecular flexibility index (Phi) is 7.43. The molecule has 0 fully saturated rings. The molecule has 0 aliphatic rings. The first-order valence-electron chi connectivity index (χ1n) is 7.98. The van der Waals surface area contributed by atoms with Crippen LogP contribution in [0.2, 0.25) is 0 Å². The summed E-state index contributed by atoms with van der Waals surface area (Å²) in [7, 11) is 1.67. The van der Waals surface area contributed by atoms with Crippen molar-refractivity contribution in [2.75, 3.05) is 20.3 Å². The van der Waals surface area contributed by atoms with Crippen molar-refractivity contribution in [2.24, 2.45) is 0 Å². The van der Waals surface area contributed by atoms with Crippen molar-refractivity contribution in [3.05, 3.63) is 58.1 Å². The Morgan fingerprint density at radius 1 is 1.13 bits per heavy atom. The van der Waals surface area contributed by atoms with Crippen LogP contribution < -0.4 is 14.8 Å². The van der Waals surface area contributed by atoms with Gasteiger partial charge >= 0.3 is 0 Å². The van der Waals surface area contributed by atoms with E-state index in [0.29, 0.717) is 6.61 Å². The van der Waals surface area contributed by atoms with Crippen LogP contribution in [0.3, 0.4) is 0 Å². The Labute approximate surface area is 147 Å². The molecule has 124 valence electrons. The van der Waals surface area contributed by atoms with Crippen molar-refractivity contribution in [1.82, 2.24) is 5.32 Å². The minimum atomic E-state index is 0.689. The highest BCUT2D eigenvalue weighted by Crippen LogP contribution is 2.35. The lowest BCUT2D eigenvalue weighted by molar-refractivity contribution is 0.290. The smallest absolute Gasteiger partial charge is 0.165 e. The molecular formula is C19H24BrNO2. The van der Waals surface area contributed by atoms with Gasteiger partial charge in [-0.1, -0.05) is 53.2 Å². The number of hydrogen-bond donors (Lipinski definition) is 1. The fraction of sp³-hybridized carbons (Fsp3) is 0.368. The molecule has 0 aromatic heterocycles. The Balaban J connectivity index is 1.98. The number of ether oxygens (including phenoxy) is 2. The van der Waals surface area contributed by atoms with Gasteiger partial charge in [0.05, 0.1) is 13.7 Å². The summed E-state index contributed by atoms with van der Waals surface area (Å²) in [6, 6.07) is 14.5. The molecule has 0 heterocycles. The molecule has 2 rings (SSSR count). The van der Waals surface area contributed by atoms with Gasteiger partial charge in [-0.25, -0.2) is 0 Å². The van der Waals surface area contributed by atoms with E-state index in [2.05, 4.69) is 58.5 Å². The number of benzene rings is 2. The van der Waals surface area contributed by atoms with E-state index in [-0.39, 0.29) is 0 Å². The highest BCUT2D eigenvalue weighted by molar-refractivity contribution is 9.10. The Hall–Kier alpha value is -1.52. The maximum Gasteiger partial charge on any atom is 0.165 e. The van der Waals surface area contributed by atoms with Crippen molar-refractivity contribution >= 4 is 15.9 Å². The normalized spacial score (nSPS) is 10.6. The molecule has 0 spiro atoms. The molecule has 3 nitrogen and oxygen atoms in total. The summed E-state index contributed by atoms with van der Waals surface area (Å²) in [5.74, 6) is 1.61. The third kappa shape index (κ3) is 5.56. The molecule has 0 radical (unpaired) electrons. The van der Waals surface area contributed by atoms with Crippen molar-refractivity contribution in [2.45, 2.75) is 26.3 Å². The third-order valence-corrected chi connectivity index (χ3v) is 3.97. The molecule has 0 amide bonds. The fourth-order valence-electron chi connectivity index (χ4n) is 2.37. The standard InChI is InChI=1S/C19H24BrNO2/c1-3-11-23-19-16(12-17(20)13-18(19)22-2)14-21-10-9-15-7-5-4-6-8-15/h4-8,12-13,21H,3,9-11,14H2,1-2H3. The van der Waals surface area contributed by atoms with Crippen LogP contribution in [0, 0.1) is 0 Å². The lowest BCUT2D eigenvalue weighted by Gasteiger charge is -2.16. The Morgan fingerprint density at radius 2 is 1.91 bits per heavy atom. The second kappa shape index (κ2) is 9.58. The van der Waals surface area contributed by atoms with E-state index in [4.69, 9.17) is 9.47 Å². The number of rotatable bonds is 9. The summed E-state index contributed by atoms with van der Waals surface area (Å²) in [6.07, 6.45) is 1.98. The second-order valence-electron chi connectivity index (χ2n) is 5.36. The summed E-state index contributed by atoms with van der Waals surface area (Å²) in [6.45, 7) is 4.46. The number of methoxy groups -OCH3 is 1. The van der Waals surface area contributed by atoms with Crippen LogP contribution in [-0.4, -0.2) is 20.3 Å². The van der Waals surface area contributed by atoms with Gasteiger partial charge in [0.1, 0.15) is 0 Å². The lowest BCUT2D eigenvalue weighted by atomic mass is 10.1. The molecule has 1 N–H and O–H groups in total. The zero-order valence-electron chi connectivity index (χ0n) is 13.8. The van der Waals surface area contributed by atoms with E-state index in [0.717, 1.165) is 47.5 Å². The number of halogens is 1. The van der Waals surface area contributed by atoms with Crippen LogP contribution in [-0.2, 0) is 13.0 Å². The predicted octanol–water partition coefficient (Wildman–Crippen LogP) is 4.58. The number of nitrogens with one attached hydrogen (secondary N) is 1. The first-order valence-corrected chi connectivity index (χ1v) is 8.77. The number of hydrogen-bond acceptors (Lipinski definition) is 3. The predicted molar refractivity (Wildman–Crippen MR) is 98.3 cm³/mol. The monoisotopic (exact) mass is 377 g/mol. The first kappa shape index (κ1) is 17.8. The van der Waals surface area contributed by atoms with Crippen LogP contribution in [0.25, 0.3) is 0 Å². The van der Waals surface area contributed by atoms with E-state index >= 15 is 0 Å². The van der Waals surface area contributed by atoms with E-state index in [1.165, 1.54) is 5.56 Å². The second-order valence-corrected chi connectivity index (χ2v) is 6.27. The molecule has 2 aromatic carbocycles. The lowest BCUT2D eigenvalue weighted by Crippen LogP contribution is -2.17. The fourth-order valence-corrected chi connectivity index (χ4v) is 2.86. The molecule has 4 heteroatoms. The first-order chi connectivity index (χ1) is 11.2. The van der Waals surface area contributed by atoms with Gasteiger partial charge in [-0.3, -0.25) is 0 Å². The van der Waals surface area contributed by atoms with Crippen molar-refractivity contribution in [3.8, 4) is 11.5 Å². The molecule has 0 unspecified atom stereocenters. The van der Waals surface area contributed by atoms with Gasteiger partial charge in [0.15, 0.2) is 11.5 Å². The maximum atomic E-state index is 5.89. The average molecular weight is 378 g/mol. The Morgan fingerprint density at radius 3 is 2.61 bits per heavy atom. The maximum absolute atomic E-state index is 5.89. The zero-order chi connectivity index (χ0) is 16.5. The summed E-state index contributed by atoms with van der Waals surface area (Å²) in [5, 5.41) is 3.49. The highest BCUT2D eigenvalue weighted by Gasteiger charge is 2.12. The topological polar surface area (TPSA) is 30.5 Å². The molecule has 0 aliphatic carbocycles. The van der Waals surface area contributed by atoms with Crippen molar-refractivity contribution < 1.29 is 9.47 Å². The summed E-state index contributed by atoms with van der Waals surface area (Å²) in [5.41, 5.74) is 2.45. The summed E-state index contributed by atoms with van der Waals surface area (Å²) >= 11 is 3.54. The summed E-state index contributed by atoms with van der Waals surface area (Å²) in [4.78, 5) is 0. The van der Waals surface area contributed by atoms with E-state index in [9.17, 15) is 0 Å². The molecule has 0 saturated carbocycles. The average Bonchev–Trinajstić information content (AvgIpc) is 2.58. The van der Waals surface area contributed by atoms with Gasteiger partial charge in [0.2, 0.25) is 0 Å². The zero-order valence-corrected chi connectivity index (χ0v) is 15.4. The highest BCUT2D eigenvalue weighted by atomic mass is 79.9. The quantitative estimate of drug-likeness (QED) is 0.648. The molecule has 0 atom stereocenters. The summed E-state index contributed by atoms with van der Waals surface area (Å²) < 4.78 is 12.3. The van der Waals surface area contributed by atoms with Gasteiger partial charge < -0.3 is 14.8 Å². The molecule has 0 bridgehead atoms. The van der Waals surface area contributed by atoms with Crippen LogP contribution in [0.15, 0.2) is 46.9 Å². The van der Waals surface area contributed by atoms with E-state index < -0.39 is 0 Å². The minimum Gasteiger partial charge on any atom is -0.493 e. The van der Waals surface area contributed by atoms with Crippen LogP contribution in [0.4, 0.5) is 0 Å². The molecular weight excluding hydrogens is 354 g/mol. The van der Waals surface area contributed by atoms with Gasteiger partial charge in [0.25, 0.3) is 0 Å². The van der Waals surface area contributed by atoms with Crippen LogP contribution in [0.5, 0.6) is 11.5 Å².